The number of nitrogens with zero attached hydrogens (tertiary/aromatic N) is 2. The number of thiazole rings is 1. The van der Waals surface area contributed by atoms with Crippen LogP contribution in [0.1, 0.15) is 36.9 Å². The fraction of sp³-hybridized carbons (Fsp3) is 0.636. The van der Waals surface area contributed by atoms with Gasteiger partial charge in [0.2, 0.25) is 0 Å². The Labute approximate surface area is 95.1 Å². The third kappa shape index (κ3) is 3.30. The summed E-state index contributed by atoms with van der Waals surface area (Å²) < 4.78 is 0. The van der Waals surface area contributed by atoms with E-state index >= 15 is 0 Å². The minimum Gasteiger partial charge on any atom is -0.351 e. The van der Waals surface area contributed by atoms with Gasteiger partial charge in [-0.05, 0) is 5.92 Å². The van der Waals surface area contributed by atoms with Gasteiger partial charge in [-0.1, -0.05) is 31.6 Å². The summed E-state index contributed by atoms with van der Waals surface area (Å²) in [5, 5.41) is 0.931. The number of hydrogen-bond acceptors (Lipinski definition) is 4. The molecule has 0 saturated carbocycles. The molecule has 0 aliphatic heterocycles. The van der Waals surface area contributed by atoms with Crippen molar-refractivity contribution in [2.24, 2.45) is 5.92 Å². The molecule has 0 aromatic carbocycles. The van der Waals surface area contributed by atoms with E-state index in [4.69, 9.17) is 0 Å². The van der Waals surface area contributed by atoms with Crippen LogP contribution in [0, 0.1) is 5.92 Å². The summed E-state index contributed by atoms with van der Waals surface area (Å²) in [6.45, 7) is 6.96. The average Bonchev–Trinajstić information content (AvgIpc) is 2.66. The van der Waals surface area contributed by atoms with Crippen molar-refractivity contribution in [3.63, 3.8) is 0 Å². The molecular weight excluding hydrogens is 208 g/mol. The molecule has 0 saturated heterocycles. The summed E-state index contributed by atoms with van der Waals surface area (Å²) in [6, 6.07) is 0. The highest BCUT2D eigenvalue weighted by atomic mass is 32.1. The second kappa shape index (κ2) is 5.26. The first kappa shape index (κ1) is 12.2. The standard InChI is InChI=1S/C11H18N2OS/c1-5-8(2)7-13(4)11-12-6-10(15-11)9(3)14/h6,8H,5,7H2,1-4H3. The van der Waals surface area contributed by atoms with Gasteiger partial charge < -0.3 is 4.90 Å². The maximum Gasteiger partial charge on any atom is 0.185 e. The summed E-state index contributed by atoms with van der Waals surface area (Å²) >= 11 is 1.47. The van der Waals surface area contributed by atoms with Crippen LogP contribution in [0.15, 0.2) is 6.20 Å². The molecule has 15 heavy (non-hydrogen) atoms. The first-order chi connectivity index (χ1) is 7.04. The SMILES string of the molecule is CCC(C)CN(C)c1ncc(C(C)=O)s1. The molecule has 1 rings (SSSR count). The van der Waals surface area contributed by atoms with Gasteiger partial charge in [0, 0.05) is 20.5 Å². The molecule has 0 spiro atoms. The van der Waals surface area contributed by atoms with E-state index < -0.39 is 0 Å². The summed E-state index contributed by atoms with van der Waals surface area (Å²) in [5.74, 6) is 0.746. The topological polar surface area (TPSA) is 33.2 Å². The van der Waals surface area contributed by atoms with Gasteiger partial charge in [-0.25, -0.2) is 4.98 Å². The van der Waals surface area contributed by atoms with E-state index in [0.717, 1.165) is 23.0 Å². The Morgan fingerprint density at radius 1 is 1.67 bits per heavy atom. The van der Waals surface area contributed by atoms with Gasteiger partial charge in [0.25, 0.3) is 0 Å². The zero-order chi connectivity index (χ0) is 11.4. The van der Waals surface area contributed by atoms with Crippen LogP contribution >= 0.6 is 11.3 Å². The molecule has 0 N–H and O–H groups in total. The van der Waals surface area contributed by atoms with E-state index in [0.29, 0.717) is 5.92 Å². The Morgan fingerprint density at radius 2 is 2.33 bits per heavy atom. The van der Waals surface area contributed by atoms with Crippen molar-refractivity contribution in [3.8, 4) is 0 Å². The number of Topliss-reactive ketones (excluding diaryl/α,β-unsaturated/α-hetero) is 1. The highest BCUT2D eigenvalue weighted by Crippen LogP contribution is 2.22. The minimum absolute atomic E-state index is 0.0932. The van der Waals surface area contributed by atoms with Crippen LogP contribution in [0.4, 0.5) is 5.13 Å². The molecule has 3 nitrogen and oxygen atoms in total. The second-order valence-electron chi connectivity index (χ2n) is 3.96. The Morgan fingerprint density at radius 3 is 2.80 bits per heavy atom. The first-order valence-corrected chi connectivity index (χ1v) is 6.04. The normalized spacial score (nSPS) is 12.5. The Hall–Kier alpha value is -0.900. The quantitative estimate of drug-likeness (QED) is 0.724. The smallest absolute Gasteiger partial charge is 0.185 e. The molecule has 84 valence electrons. The number of anilines is 1. The third-order valence-electron chi connectivity index (χ3n) is 2.45. The van der Waals surface area contributed by atoms with E-state index in [1.165, 1.54) is 11.3 Å². The second-order valence-corrected chi connectivity index (χ2v) is 4.97. The molecule has 0 bridgehead atoms. The van der Waals surface area contributed by atoms with Crippen molar-refractivity contribution < 1.29 is 4.79 Å². The van der Waals surface area contributed by atoms with Crippen LogP contribution in [0.5, 0.6) is 0 Å². The molecular formula is C11H18N2OS. The van der Waals surface area contributed by atoms with Crippen molar-refractivity contribution in [2.75, 3.05) is 18.5 Å². The fourth-order valence-corrected chi connectivity index (χ4v) is 2.06. The summed E-state index contributed by atoms with van der Waals surface area (Å²) in [7, 11) is 2.02. The third-order valence-corrected chi connectivity index (χ3v) is 3.66. The molecule has 0 amide bonds. The van der Waals surface area contributed by atoms with Gasteiger partial charge >= 0.3 is 0 Å². The number of carbonyl (C=O) groups is 1. The zero-order valence-corrected chi connectivity index (χ0v) is 10.6. The van der Waals surface area contributed by atoms with Crippen LogP contribution in [0.3, 0.4) is 0 Å². The number of hydrogen-bond donors (Lipinski definition) is 0. The van der Waals surface area contributed by atoms with Crippen molar-refractivity contribution in [1.29, 1.82) is 0 Å². The van der Waals surface area contributed by atoms with Crippen molar-refractivity contribution >= 4 is 22.3 Å². The lowest BCUT2D eigenvalue weighted by Crippen LogP contribution is -2.23. The molecule has 0 aliphatic carbocycles. The predicted molar refractivity (Wildman–Crippen MR) is 64.8 cm³/mol. The monoisotopic (exact) mass is 226 g/mol. The van der Waals surface area contributed by atoms with Gasteiger partial charge in [0.05, 0.1) is 11.1 Å². The minimum atomic E-state index is 0.0932. The molecule has 0 fully saturated rings. The number of ketones is 1. The van der Waals surface area contributed by atoms with E-state index in [2.05, 4.69) is 23.7 Å². The highest BCUT2D eigenvalue weighted by Gasteiger charge is 2.11. The molecule has 1 aromatic rings. The summed E-state index contributed by atoms with van der Waals surface area (Å²) in [5.41, 5.74) is 0. The largest absolute Gasteiger partial charge is 0.351 e. The molecule has 1 atom stereocenters. The van der Waals surface area contributed by atoms with Gasteiger partial charge in [0.1, 0.15) is 0 Å². The maximum atomic E-state index is 11.1. The van der Waals surface area contributed by atoms with Gasteiger partial charge in [-0.2, -0.15) is 0 Å². The van der Waals surface area contributed by atoms with Gasteiger partial charge in [-0.15, -0.1) is 0 Å². The zero-order valence-electron chi connectivity index (χ0n) is 9.78. The molecule has 1 unspecified atom stereocenters. The fourth-order valence-electron chi connectivity index (χ4n) is 1.28. The average molecular weight is 226 g/mol. The number of rotatable bonds is 5. The van der Waals surface area contributed by atoms with Crippen LogP contribution in [-0.4, -0.2) is 24.4 Å². The predicted octanol–water partition coefficient (Wildman–Crippen LogP) is 2.83. The number of aromatic nitrogens is 1. The van der Waals surface area contributed by atoms with Crippen LogP contribution in [-0.2, 0) is 0 Å². The van der Waals surface area contributed by atoms with Gasteiger partial charge in [-0.3, -0.25) is 4.79 Å². The maximum absolute atomic E-state index is 11.1. The summed E-state index contributed by atoms with van der Waals surface area (Å²) in [4.78, 5) is 18.2. The van der Waals surface area contributed by atoms with Crippen LogP contribution in [0.25, 0.3) is 0 Å². The molecule has 1 heterocycles. The molecule has 4 heteroatoms. The first-order valence-electron chi connectivity index (χ1n) is 5.22. The van der Waals surface area contributed by atoms with E-state index in [-0.39, 0.29) is 5.78 Å². The van der Waals surface area contributed by atoms with Crippen molar-refractivity contribution in [1.82, 2.24) is 4.98 Å². The Balaban J connectivity index is 2.65. The lowest BCUT2D eigenvalue weighted by molar-refractivity contribution is 0.102. The van der Waals surface area contributed by atoms with Crippen LogP contribution < -0.4 is 4.90 Å². The van der Waals surface area contributed by atoms with Crippen molar-refractivity contribution in [3.05, 3.63) is 11.1 Å². The lowest BCUT2D eigenvalue weighted by atomic mass is 10.1. The van der Waals surface area contributed by atoms with Crippen molar-refractivity contribution in [2.45, 2.75) is 27.2 Å². The van der Waals surface area contributed by atoms with E-state index in [1.54, 1.807) is 13.1 Å². The molecule has 0 aliphatic rings. The van der Waals surface area contributed by atoms with E-state index in [1.807, 2.05) is 7.05 Å². The summed E-state index contributed by atoms with van der Waals surface area (Å²) in [6.07, 6.45) is 2.82. The Kier molecular flexibility index (Phi) is 4.27. The molecule has 0 radical (unpaired) electrons. The number of carbonyl (C=O) groups excluding carboxylic acids is 1. The lowest BCUT2D eigenvalue weighted by Gasteiger charge is -2.19. The van der Waals surface area contributed by atoms with E-state index in [9.17, 15) is 4.79 Å². The molecule has 1 aromatic heterocycles. The Bertz CT molecular complexity index is 335. The van der Waals surface area contributed by atoms with Crippen LogP contribution in [0.2, 0.25) is 0 Å². The highest BCUT2D eigenvalue weighted by molar-refractivity contribution is 7.17. The van der Waals surface area contributed by atoms with Gasteiger partial charge in [0.15, 0.2) is 10.9 Å².